The average molecular weight is 210 g/mol. The summed E-state index contributed by atoms with van der Waals surface area (Å²) in [4.78, 5) is 2.74. The van der Waals surface area contributed by atoms with Gasteiger partial charge in [0.25, 0.3) is 0 Å². The first kappa shape index (κ1) is 11.4. The van der Waals surface area contributed by atoms with Gasteiger partial charge in [-0.3, -0.25) is 4.90 Å². The molecule has 0 aromatic heterocycles. The van der Waals surface area contributed by atoms with Crippen molar-refractivity contribution in [2.75, 3.05) is 19.6 Å². The van der Waals surface area contributed by atoms with Crippen LogP contribution in [0.5, 0.6) is 0 Å². The first-order valence-corrected chi connectivity index (χ1v) is 6.80. The second-order valence-electron chi connectivity index (χ2n) is 5.35. The summed E-state index contributed by atoms with van der Waals surface area (Å²) in [5.74, 6) is 1.04. The lowest BCUT2D eigenvalue weighted by molar-refractivity contribution is 0.189. The van der Waals surface area contributed by atoms with Crippen molar-refractivity contribution >= 4 is 0 Å². The van der Waals surface area contributed by atoms with Crippen molar-refractivity contribution in [1.29, 1.82) is 0 Å². The fourth-order valence-electron chi connectivity index (χ4n) is 3.22. The van der Waals surface area contributed by atoms with Crippen LogP contribution in [0.3, 0.4) is 0 Å². The first-order chi connectivity index (χ1) is 7.33. The van der Waals surface area contributed by atoms with Crippen LogP contribution >= 0.6 is 0 Å². The zero-order valence-electron chi connectivity index (χ0n) is 10.3. The second-order valence-corrected chi connectivity index (χ2v) is 5.35. The predicted octanol–water partition coefficient (Wildman–Crippen LogP) is 2.25. The molecule has 0 spiro atoms. The van der Waals surface area contributed by atoms with Gasteiger partial charge in [0.2, 0.25) is 0 Å². The van der Waals surface area contributed by atoms with Gasteiger partial charge in [-0.15, -0.1) is 0 Å². The first-order valence-electron chi connectivity index (χ1n) is 6.80. The van der Waals surface area contributed by atoms with Crippen LogP contribution in [0.25, 0.3) is 0 Å². The molecule has 2 aliphatic rings. The maximum Gasteiger partial charge on any atom is 0.0192 e. The van der Waals surface area contributed by atoms with Crippen molar-refractivity contribution in [2.24, 2.45) is 5.92 Å². The van der Waals surface area contributed by atoms with Gasteiger partial charge in [-0.2, -0.15) is 0 Å². The van der Waals surface area contributed by atoms with E-state index in [2.05, 4.69) is 24.1 Å². The van der Waals surface area contributed by atoms with Crippen molar-refractivity contribution in [1.82, 2.24) is 10.2 Å². The van der Waals surface area contributed by atoms with Crippen molar-refractivity contribution in [2.45, 2.75) is 58.0 Å². The molecule has 0 aromatic carbocycles. The summed E-state index contributed by atoms with van der Waals surface area (Å²) in [6.07, 6.45) is 6.98. The minimum atomic E-state index is 0.726. The highest BCUT2D eigenvalue weighted by atomic mass is 15.2. The molecule has 1 saturated carbocycles. The number of likely N-dealkylation sites (tertiary alicyclic amines) is 1. The maximum atomic E-state index is 3.66. The molecule has 0 aromatic rings. The van der Waals surface area contributed by atoms with Crippen molar-refractivity contribution in [3.63, 3.8) is 0 Å². The van der Waals surface area contributed by atoms with Crippen LogP contribution in [0.1, 0.15) is 46.0 Å². The lowest BCUT2D eigenvalue weighted by Crippen LogP contribution is -2.44. The van der Waals surface area contributed by atoms with Gasteiger partial charge in [0.1, 0.15) is 0 Å². The summed E-state index contributed by atoms with van der Waals surface area (Å²) in [5, 5.41) is 3.66. The molecule has 1 aliphatic heterocycles. The van der Waals surface area contributed by atoms with Gasteiger partial charge < -0.3 is 5.32 Å². The number of nitrogens with zero attached hydrogens (tertiary/aromatic N) is 1. The maximum absolute atomic E-state index is 3.66. The van der Waals surface area contributed by atoms with Crippen LogP contribution in [0.2, 0.25) is 0 Å². The molecule has 15 heavy (non-hydrogen) atoms. The Morgan fingerprint density at radius 3 is 2.73 bits per heavy atom. The molecule has 2 bridgehead atoms. The van der Waals surface area contributed by atoms with E-state index in [9.17, 15) is 0 Å². The van der Waals surface area contributed by atoms with Crippen molar-refractivity contribution in [3.05, 3.63) is 0 Å². The number of rotatable bonds is 6. The largest absolute Gasteiger partial charge is 0.313 e. The van der Waals surface area contributed by atoms with Gasteiger partial charge in [-0.1, -0.05) is 13.8 Å². The molecule has 2 rings (SSSR count). The molecule has 88 valence electrons. The van der Waals surface area contributed by atoms with E-state index in [1.807, 2.05) is 0 Å². The van der Waals surface area contributed by atoms with E-state index in [-0.39, 0.29) is 0 Å². The molecule has 1 aliphatic carbocycles. The lowest BCUT2D eigenvalue weighted by atomic mass is 10.1. The van der Waals surface area contributed by atoms with Gasteiger partial charge in [0.05, 0.1) is 0 Å². The SMILES string of the molecule is CCCNC(CC)CN1CC2CCC1C2. The quantitative estimate of drug-likeness (QED) is 0.723. The number of fused-ring (bicyclic) bond motifs is 2. The monoisotopic (exact) mass is 210 g/mol. The van der Waals surface area contributed by atoms with Crippen LogP contribution < -0.4 is 5.32 Å². The van der Waals surface area contributed by atoms with Gasteiger partial charge >= 0.3 is 0 Å². The standard InChI is InChI=1S/C13H26N2/c1-3-7-14-12(4-2)10-15-9-11-5-6-13(15)8-11/h11-14H,3-10H2,1-2H3. The summed E-state index contributed by atoms with van der Waals surface area (Å²) >= 11 is 0. The fraction of sp³-hybridized carbons (Fsp3) is 1.00. The van der Waals surface area contributed by atoms with Crippen LogP contribution in [0.4, 0.5) is 0 Å². The minimum Gasteiger partial charge on any atom is -0.313 e. The number of hydrogen-bond donors (Lipinski definition) is 1. The second kappa shape index (κ2) is 5.31. The molecule has 0 radical (unpaired) electrons. The number of piperidine rings is 1. The Bertz CT molecular complexity index is 193. The highest BCUT2D eigenvalue weighted by molar-refractivity contribution is 4.93. The Morgan fingerprint density at radius 1 is 1.33 bits per heavy atom. The normalized spacial score (nSPS) is 32.4. The Labute approximate surface area is 94.4 Å². The van der Waals surface area contributed by atoms with E-state index in [0.717, 1.165) is 18.0 Å². The third kappa shape index (κ3) is 2.73. The number of nitrogens with one attached hydrogen (secondary N) is 1. The summed E-state index contributed by atoms with van der Waals surface area (Å²) in [5.41, 5.74) is 0. The van der Waals surface area contributed by atoms with E-state index in [4.69, 9.17) is 0 Å². The van der Waals surface area contributed by atoms with Crippen LogP contribution in [0, 0.1) is 5.92 Å². The fourth-order valence-corrected chi connectivity index (χ4v) is 3.22. The smallest absolute Gasteiger partial charge is 0.0192 e. The zero-order chi connectivity index (χ0) is 10.7. The summed E-state index contributed by atoms with van der Waals surface area (Å²) in [6.45, 7) is 8.41. The third-order valence-electron chi connectivity index (χ3n) is 4.15. The topological polar surface area (TPSA) is 15.3 Å². The molecule has 1 heterocycles. The Hall–Kier alpha value is -0.0800. The van der Waals surface area contributed by atoms with Crippen LogP contribution in [-0.2, 0) is 0 Å². The lowest BCUT2D eigenvalue weighted by Gasteiger charge is -2.30. The molecule has 0 amide bonds. The van der Waals surface area contributed by atoms with Crippen LogP contribution in [-0.4, -0.2) is 36.6 Å². The molecule has 2 fully saturated rings. The van der Waals surface area contributed by atoms with E-state index >= 15 is 0 Å². The van der Waals surface area contributed by atoms with Gasteiger partial charge in [-0.05, 0) is 44.6 Å². The number of hydrogen-bond acceptors (Lipinski definition) is 2. The molecule has 2 nitrogen and oxygen atoms in total. The summed E-state index contributed by atoms with van der Waals surface area (Å²) in [7, 11) is 0. The van der Waals surface area contributed by atoms with Gasteiger partial charge in [-0.25, -0.2) is 0 Å². The van der Waals surface area contributed by atoms with Gasteiger partial charge in [0.15, 0.2) is 0 Å². The van der Waals surface area contributed by atoms with Crippen molar-refractivity contribution < 1.29 is 0 Å². The van der Waals surface area contributed by atoms with E-state index < -0.39 is 0 Å². The van der Waals surface area contributed by atoms with Crippen LogP contribution in [0.15, 0.2) is 0 Å². The molecule has 1 N–H and O–H groups in total. The summed E-state index contributed by atoms with van der Waals surface area (Å²) in [6, 6.07) is 1.66. The van der Waals surface area contributed by atoms with Gasteiger partial charge in [0, 0.05) is 25.2 Å². The van der Waals surface area contributed by atoms with E-state index in [0.29, 0.717) is 0 Å². The predicted molar refractivity (Wildman–Crippen MR) is 65.1 cm³/mol. The molecule has 3 atom stereocenters. The molecule has 3 unspecified atom stereocenters. The summed E-state index contributed by atoms with van der Waals surface area (Å²) < 4.78 is 0. The van der Waals surface area contributed by atoms with E-state index in [1.165, 1.54) is 51.7 Å². The highest BCUT2D eigenvalue weighted by Gasteiger charge is 2.37. The van der Waals surface area contributed by atoms with Crippen molar-refractivity contribution in [3.8, 4) is 0 Å². The zero-order valence-corrected chi connectivity index (χ0v) is 10.3. The highest BCUT2D eigenvalue weighted by Crippen LogP contribution is 2.37. The minimum absolute atomic E-state index is 0.726. The van der Waals surface area contributed by atoms with E-state index in [1.54, 1.807) is 0 Å². The Balaban J connectivity index is 1.74. The Kier molecular flexibility index (Phi) is 4.04. The molecule has 2 heteroatoms. The average Bonchev–Trinajstić information content (AvgIpc) is 2.85. The molecular weight excluding hydrogens is 184 g/mol. The third-order valence-corrected chi connectivity index (χ3v) is 4.15. The Morgan fingerprint density at radius 2 is 2.20 bits per heavy atom. The molecular formula is C13H26N2. The molecule has 1 saturated heterocycles.